The third-order valence-electron chi connectivity index (χ3n) is 6.52. The van der Waals surface area contributed by atoms with E-state index in [0.717, 1.165) is 37.2 Å². The minimum atomic E-state index is -0.716. The molecule has 140 valence electrons. The molecule has 2 saturated heterocycles. The van der Waals surface area contributed by atoms with Crippen molar-refractivity contribution in [1.82, 2.24) is 4.90 Å². The monoisotopic (exact) mass is 356 g/mol. The molecule has 3 atom stereocenters. The van der Waals surface area contributed by atoms with E-state index in [0.29, 0.717) is 24.9 Å². The molecular formula is C21H28N2O3. The molecule has 3 aliphatic rings. The fraction of sp³-hybridized carbons (Fsp3) is 0.619. The third-order valence-corrected chi connectivity index (χ3v) is 6.52. The highest BCUT2D eigenvalue weighted by molar-refractivity contribution is 5.95. The maximum Gasteiger partial charge on any atom is 0.308 e. The molecule has 1 saturated carbocycles. The summed E-state index contributed by atoms with van der Waals surface area (Å²) in [6, 6.07) is 8.20. The number of amides is 1. The molecule has 5 heteroatoms. The summed E-state index contributed by atoms with van der Waals surface area (Å²) in [6.45, 7) is 2.20. The molecule has 2 aliphatic heterocycles. The Morgan fingerprint density at radius 1 is 0.923 bits per heavy atom. The van der Waals surface area contributed by atoms with Crippen molar-refractivity contribution < 1.29 is 14.7 Å². The molecule has 1 aromatic rings. The van der Waals surface area contributed by atoms with Crippen molar-refractivity contribution >= 4 is 17.6 Å². The van der Waals surface area contributed by atoms with Crippen molar-refractivity contribution in [3.63, 3.8) is 0 Å². The third kappa shape index (κ3) is 3.31. The molecule has 0 radical (unpaired) electrons. The van der Waals surface area contributed by atoms with E-state index in [1.165, 1.54) is 25.7 Å². The van der Waals surface area contributed by atoms with Gasteiger partial charge in [0.1, 0.15) is 0 Å². The van der Waals surface area contributed by atoms with Crippen LogP contribution < -0.4 is 4.90 Å². The van der Waals surface area contributed by atoms with Crippen LogP contribution in [0.25, 0.3) is 0 Å². The van der Waals surface area contributed by atoms with Gasteiger partial charge >= 0.3 is 5.97 Å². The fourth-order valence-corrected chi connectivity index (χ4v) is 5.05. The van der Waals surface area contributed by atoms with Gasteiger partial charge in [-0.15, -0.1) is 0 Å². The zero-order valence-electron chi connectivity index (χ0n) is 15.3. The SMILES string of the molecule is O=C(O)C1CCN(c2ccc(C(=O)N3CCCC4CCCCC43)cc2)C1. The molecule has 1 aromatic carbocycles. The summed E-state index contributed by atoms with van der Waals surface area (Å²) in [5.41, 5.74) is 1.77. The molecule has 2 heterocycles. The average Bonchev–Trinajstić information content (AvgIpc) is 3.18. The minimum Gasteiger partial charge on any atom is -0.481 e. The standard InChI is InChI=1S/C21H28N2O3/c24-20(23-12-3-5-15-4-1-2-6-19(15)23)16-7-9-18(10-8-16)22-13-11-17(14-22)21(25)26/h7-10,15,17,19H,1-6,11-14H2,(H,25,26). The number of hydrogen-bond donors (Lipinski definition) is 1. The number of hydrogen-bond acceptors (Lipinski definition) is 3. The van der Waals surface area contributed by atoms with Gasteiger partial charge in [-0.3, -0.25) is 9.59 Å². The predicted octanol–water partition coefficient (Wildman–Crippen LogP) is 3.39. The van der Waals surface area contributed by atoms with E-state index in [9.17, 15) is 9.59 Å². The number of carbonyl (C=O) groups excluding carboxylic acids is 1. The maximum absolute atomic E-state index is 13.1. The lowest BCUT2D eigenvalue weighted by Gasteiger charge is -2.44. The van der Waals surface area contributed by atoms with Crippen LogP contribution in [0, 0.1) is 11.8 Å². The van der Waals surface area contributed by atoms with Gasteiger partial charge in [0.25, 0.3) is 5.91 Å². The Bertz CT molecular complexity index is 670. The van der Waals surface area contributed by atoms with Crippen molar-refractivity contribution in [2.45, 2.75) is 51.0 Å². The van der Waals surface area contributed by atoms with Gasteiger partial charge in [-0.2, -0.15) is 0 Å². The molecule has 0 spiro atoms. The Morgan fingerprint density at radius 2 is 1.65 bits per heavy atom. The van der Waals surface area contributed by atoms with Gasteiger partial charge in [0.15, 0.2) is 0 Å². The lowest BCUT2D eigenvalue weighted by Crippen LogP contribution is -2.49. The second kappa shape index (κ2) is 7.29. The number of likely N-dealkylation sites (tertiary alicyclic amines) is 1. The molecule has 26 heavy (non-hydrogen) atoms. The van der Waals surface area contributed by atoms with Gasteiger partial charge in [-0.1, -0.05) is 12.8 Å². The van der Waals surface area contributed by atoms with Crippen LogP contribution >= 0.6 is 0 Å². The molecule has 3 unspecified atom stereocenters. The van der Waals surface area contributed by atoms with Crippen LogP contribution in [0.1, 0.15) is 55.3 Å². The van der Waals surface area contributed by atoms with E-state index in [-0.39, 0.29) is 11.8 Å². The number of fused-ring (bicyclic) bond motifs is 1. The van der Waals surface area contributed by atoms with Crippen LogP contribution in [0.2, 0.25) is 0 Å². The van der Waals surface area contributed by atoms with Gasteiger partial charge < -0.3 is 14.9 Å². The first-order valence-electron chi connectivity index (χ1n) is 10.0. The summed E-state index contributed by atoms with van der Waals surface area (Å²) in [4.78, 5) is 28.4. The molecule has 5 nitrogen and oxygen atoms in total. The summed E-state index contributed by atoms with van der Waals surface area (Å²) in [6.07, 6.45) is 8.05. The predicted molar refractivity (Wildman–Crippen MR) is 100 cm³/mol. The van der Waals surface area contributed by atoms with Crippen LogP contribution in [-0.4, -0.2) is 47.6 Å². The summed E-state index contributed by atoms with van der Waals surface area (Å²) < 4.78 is 0. The van der Waals surface area contributed by atoms with E-state index in [1.807, 2.05) is 24.3 Å². The highest BCUT2D eigenvalue weighted by Crippen LogP contribution is 2.36. The molecule has 1 aliphatic carbocycles. The quantitative estimate of drug-likeness (QED) is 0.902. The fourth-order valence-electron chi connectivity index (χ4n) is 5.05. The first-order valence-corrected chi connectivity index (χ1v) is 10.0. The number of nitrogens with zero attached hydrogens (tertiary/aromatic N) is 2. The van der Waals surface area contributed by atoms with Crippen LogP contribution in [0.15, 0.2) is 24.3 Å². The van der Waals surface area contributed by atoms with Crippen molar-refractivity contribution in [3.05, 3.63) is 29.8 Å². The topological polar surface area (TPSA) is 60.9 Å². The van der Waals surface area contributed by atoms with Crippen LogP contribution in [0.5, 0.6) is 0 Å². The molecule has 0 aromatic heterocycles. The molecule has 3 fully saturated rings. The number of carboxylic acids is 1. The Morgan fingerprint density at radius 3 is 2.38 bits per heavy atom. The smallest absolute Gasteiger partial charge is 0.308 e. The van der Waals surface area contributed by atoms with Gasteiger partial charge in [0.05, 0.1) is 5.92 Å². The lowest BCUT2D eigenvalue weighted by molar-refractivity contribution is -0.140. The molecule has 1 N–H and O–H groups in total. The van der Waals surface area contributed by atoms with Crippen LogP contribution in [-0.2, 0) is 4.79 Å². The van der Waals surface area contributed by atoms with E-state index < -0.39 is 5.97 Å². The van der Waals surface area contributed by atoms with Crippen molar-refractivity contribution in [1.29, 1.82) is 0 Å². The summed E-state index contributed by atoms with van der Waals surface area (Å²) >= 11 is 0. The highest BCUT2D eigenvalue weighted by Gasteiger charge is 2.36. The maximum atomic E-state index is 13.1. The second-order valence-corrected chi connectivity index (χ2v) is 8.07. The molecule has 4 rings (SSSR count). The van der Waals surface area contributed by atoms with E-state index in [1.54, 1.807) is 0 Å². The van der Waals surface area contributed by atoms with Gasteiger partial charge in [0, 0.05) is 36.9 Å². The number of carboxylic acid groups (broad SMARTS) is 1. The van der Waals surface area contributed by atoms with E-state index >= 15 is 0 Å². The number of carbonyl (C=O) groups is 2. The molecular weight excluding hydrogens is 328 g/mol. The summed E-state index contributed by atoms with van der Waals surface area (Å²) in [5, 5.41) is 9.16. The first kappa shape index (κ1) is 17.4. The summed E-state index contributed by atoms with van der Waals surface area (Å²) in [7, 11) is 0. The second-order valence-electron chi connectivity index (χ2n) is 8.07. The number of benzene rings is 1. The number of anilines is 1. The van der Waals surface area contributed by atoms with Crippen LogP contribution in [0.4, 0.5) is 5.69 Å². The largest absolute Gasteiger partial charge is 0.481 e. The van der Waals surface area contributed by atoms with E-state index in [2.05, 4.69) is 9.80 Å². The van der Waals surface area contributed by atoms with Crippen molar-refractivity contribution in [3.8, 4) is 0 Å². The van der Waals surface area contributed by atoms with Crippen molar-refractivity contribution in [2.24, 2.45) is 11.8 Å². The van der Waals surface area contributed by atoms with Crippen LogP contribution in [0.3, 0.4) is 0 Å². The Kier molecular flexibility index (Phi) is 4.88. The summed E-state index contributed by atoms with van der Waals surface area (Å²) in [5.74, 6) is -0.143. The minimum absolute atomic E-state index is 0.165. The Balaban J connectivity index is 1.45. The number of rotatable bonds is 3. The zero-order valence-corrected chi connectivity index (χ0v) is 15.3. The average molecular weight is 356 g/mol. The Labute approximate surface area is 155 Å². The highest BCUT2D eigenvalue weighted by atomic mass is 16.4. The normalized spacial score (nSPS) is 28.7. The van der Waals surface area contributed by atoms with Gasteiger partial charge in [0.2, 0.25) is 0 Å². The molecule has 1 amide bonds. The number of aliphatic carboxylic acids is 1. The lowest BCUT2D eigenvalue weighted by atomic mass is 9.78. The first-order chi connectivity index (χ1) is 12.6. The van der Waals surface area contributed by atoms with E-state index in [4.69, 9.17) is 5.11 Å². The van der Waals surface area contributed by atoms with Gasteiger partial charge in [-0.05, 0) is 62.3 Å². The van der Waals surface area contributed by atoms with Gasteiger partial charge in [-0.25, -0.2) is 0 Å². The zero-order chi connectivity index (χ0) is 18.1. The Hall–Kier alpha value is -2.04. The number of piperidine rings is 1. The van der Waals surface area contributed by atoms with Crippen molar-refractivity contribution in [2.75, 3.05) is 24.5 Å². The molecule has 0 bridgehead atoms.